The molecule has 3 fully saturated rings. The number of carbonyl (C=O) groups is 4. The van der Waals surface area contributed by atoms with Gasteiger partial charge >= 0.3 is 11.9 Å². The second-order valence-corrected chi connectivity index (χ2v) is 8.18. The summed E-state index contributed by atoms with van der Waals surface area (Å²) in [6.07, 6.45) is 2.18. The molecule has 28 heavy (non-hydrogen) atoms. The van der Waals surface area contributed by atoms with E-state index in [1.165, 1.54) is 0 Å². The van der Waals surface area contributed by atoms with Gasteiger partial charge in [0.1, 0.15) is 35.6 Å². The number of hydrogen-bond donors (Lipinski definition) is 2. The average Bonchev–Trinajstić information content (AvgIpc) is 2.66. The summed E-state index contributed by atoms with van der Waals surface area (Å²) in [7, 11) is 0. The molecule has 0 spiro atoms. The predicted octanol–water partition coefficient (Wildman–Crippen LogP) is 0.844. The molecule has 8 nitrogen and oxygen atoms in total. The number of rotatable bonds is 4. The van der Waals surface area contributed by atoms with Crippen LogP contribution in [0.3, 0.4) is 0 Å². The van der Waals surface area contributed by atoms with Gasteiger partial charge in [0, 0.05) is 12.8 Å². The minimum absolute atomic E-state index is 0.337. The van der Waals surface area contributed by atoms with E-state index in [2.05, 4.69) is 0 Å². The zero-order valence-electron chi connectivity index (χ0n) is 15.9. The van der Waals surface area contributed by atoms with Crippen molar-refractivity contribution in [2.75, 3.05) is 0 Å². The van der Waals surface area contributed by atoms with E-state index in [9.17, 15) is 29.4 Å². The molecular weight excluding hydrogens is 368 g/mol. The Morgan fingerprint density at radius 2 is 0.964 bits per heavy atom. The Hall–Kier alpha value is -1.80. The lowest BCUT2D eigenvalue weighted by molar-refractivity contribution is -0.168. The molecule has 0 aromatic heterocycles. The molecule has 156 valence electrons. The highest BCUT2D eigenvalue weighted by atomic mass is 16.5. The Bertz CT molecular complexity index is 560. The number of ether oxygens (including phenoxy) is 2. The van der Waals surface area contributed by atoms with Crippen molar-refractivity contribution in [3.05, 3.63) is 0 Å². The Balaban J connectivity index is 1.50. The van der Waals surface area contributed by atoms with Crippen LogP contribution in [0, 0.1) is 11.8 Å². The van der Waals surface area contributed by atoms with Crippen LogP contribution in [0.2, 0.25) is 0 Å². The predicted molar refractivity (Wildman–Crippen MR) is 94.9 cm³/mol. The third-order valence-electron chi connectivity index (χ3n) is 6.01. The molecule has 2 unspecified atom stereocenters. The van der Waals surface area contributed by atoms with Crippen LogP contribution in [0.1, 0.15) is 64.2 Å². The monoisotopic (exact) mass is 396 g/mol. The van der Waals surface area contributed by atoms with Gasteiger partial charge < -0.3 is 19.7 Å². The minimum Gasteiger partial charge on any atom is -0.462 e. The molecule has 8 heteroatoms. The van der Waals surface area contributed by atoms with E-state index in [1.54, 1.807) is 0 Å². The number of Topliss-reactive ketones (excluding diaryl/α,β-unsaturated/α-hetero) is 2. The molecule has 0 aromatic carbocycles. The number of hydrogen-bond acceptors (Lipinski definition) is 8. The van der Waals surface area contributed by atoms with Crippen molar-refractivity contribution in [3.63, 3.8) is 0 Å². The molecule has 3 aliphatic rings. The summed E-state index contributed by atoms with van der Waals surface area (Å²) in [4.78, 5) is 49.4. The standard InChI is InChI=1S/C20H28O8/c21-11-1-5-13(6-2-11)27-19(25)15-9-18(24)16(10-17(15)23)20(26)28-14-7-3-12(22)4-8-14/h11-16,21-22H,1-10H2. The summed E-state index contributed by atoms with van der Waals surface area (Å²) in [6.45, 7) is 0. The maximum Gasteiger partial charge on any atom is 0.317 e. The Labute approximate surface area is 163 Å². The van der Waals surface area contributed by atoms with Crippen LogP contribution in [0.4, 0.5) is 0 Å². The van der Waals surface area contributed by atoms with Crippen molar-refractivity contribution < 1.29 is 38.9 Å². The number of carbonyl (C=O) groups excluding carboxylic acids is 4. The van der Waals surface area contributed by atoms with E-state index in [4.69, 9.17) is 9.47 Å². The van der Waals surface area contributed by atoms with Crippen molar-refractivity contribution in [3.8, 4) is 0 Å². The molecule has 0 radical (unpaired) electrons. The zero-order chi connectivity index (χ0) is 20.3. The van der Waals surface area contributed by atoms with Gasteiger partial charge in [0.25, 0.3) is 0 Å². The smallest absolute Gasteiger partial charge is 0.317 e. The second-order valence-electron chi connectivity index (χ2n) is 8.18. The maximum atomic E-state index is 12.4. The fraction of sp³-hybridized carbons (Fsp3) is 0.800. The van der Waals surface area contributed by atoms with Crippen molar-refractivity contribution in [1.82, 2.24) is 0 Å². The third-order valence-corrected chi connectivity index (χ3v) is 6.01. The lowest BCUT2D eigenvalue weighted by Crippen LogP contribution is -2.43. The van der Waals surface area contributed by atoms with Crippen LogP contribution in [0.25, 0.3) is 0 Å². The van der Waals surface area contributed by atoms with Gasteiger partial charge in [0.05, 0.1) is 12.2 Å². The Morgan fingerprint density at radius 1 is 0.643 bits per heavy atom. The van der Waals surface area contributed by atoms with Gasteiger partial charge in [-0.25, -0.2) is 0 Å². The van der Waals surface area contributed by atoms with Crippen molar-refractivity contribution >= 4 is 23.5 Å². The van der Waals surface area contributed by atoms with Crippen LogP contribution in [0.15, 0.2) is 0 Å². The van der Waals surface area contributed by atoms with Gasteiger partial charge in [-0.2, -0.15) is 0 Å². The van der Waals surface area contributed by atoms with Gasteiger partial charge in [-0.15, -0.1) is 0 Å². The number of esters is 2. The normalized spacial score (nSPS) is 36.6. The van der Waals surface area contributed by atoms with Crippen LogP contribution >= 0.6 is 0 Å². The molecule has 0 bridgehead atoms. The molecule has 3 aliphatic carbocycles. The summed E-state index contributed by atoms with van der Waals surface area (Å²) in [5, 5.41) is 19.0. The first-order valence-electron chi connectivity index (χ1n) is 10.2. The first kappa shape index (κ1) is 20.9. The quantitative estimate of drug-likeness (QED) is 0.529. The van der Waals surface area contributed by atoms with E-state index >= 15 is 0 Å². The largest absolute Gasteiger partial charge is 0.462 e. The van der Waals surface area contributed by atoms with E-state index < -0.39 is 35.3 Å². The van der Waals surface area contributed by atoms with Gasteiger partial charge in [-0.3, -0.25) is 19.2 Å². The molecule has 3 rings (SSSR count). The molecule has 0 saturated heterocycles. The summed E-state index contributed by atoms with van der Waals surface area (Å²) in [6, 6.07) is 0. The number of aliphatic hydroxyl groups is 2. The minimum atomic E-state index is -1.16. The van der Waals surface area contributed by atoms with E-state index in [-0.39, 0.29) is 37.3 Å². The number of ketones is 2. The third kappa shape index (κ3) is 5.17. The molecule has 2 atom stereocenters. The van der Waals surface area contributed by atoms with Gasteiger partial charge in [-0.1, -0.05) is 0 Å². The summed E-state index contributed by atoms with van der Waals surface area (Å²) >= 11 is 0. The average molecular weight is 396 g/mol. The lowest BCUT2D eigenvalue weighted by Gasteiger charge is -2.30. The van der Waals surface area contributed by atoms with Gasteiger partial charge in [0.2, 0.25) is 0 Å². The van der Waals surface area contributed by atoms with Crippen LogP contribution < -0.4 is 0 Å². The topological polar surface area (TPSA) is 127 Å². The highest BCUT2D eigenvalue weighted by molar-refractivity contribution is 6.12. The van der Waals surface area contributed by atoms with Crippen LogP contribution in [0.5, 0.6) is 0 Å². The van der Waals surface area contributed by atoms with Crippen LogP contribution in [-0.2, 0) is 28.7 Å². The fourth-order valence-electron chi connectivity index (χ4n) is 4.16. The van der Waals surface area contributed by atoms with E-state index in [0.717, 1.165) is 0 Å². The van der Waals surface area contributed by atoms with Crippen LogP contribution in [-0.4, -0.2) is 58.1 Å². The Kier molecular flexibility index (Phi) is 6.82. The molecule has 0 aromatic rings. The molecular formula is C20H28O8. The molecule has 3 saturated carbocycles. The maximum absolute atomic E-state index is 12.4. The second kappa shape index (κ2) is 9.13. The van der Waals surface area contributed by atoms with Crippen molar-refractivity contribution in [1.29, 1.82) is 0 Å². The van der Waals surface area contributed by atoms with Crippen molar-refractivity contribution in [2.24, 2.45) is 11.8 Å². The molecule has 0 heterocycles. The SMILES string of the molecule is O=C1CC(C(=O)OC2CCC(O)CC2)C(=O)CC1C(=O)OC1CCC(O)CC1. The Morgan fingerprint density at radius 3 is 1.29 bits per heavy atom. The van der Waals surface area contributed by atoms with E-state index in [1.807, 2.05) is 0 Å². The van der Waals surface area contributed by atoms with E-state index in [0.29, 0.717) is 51.4 Å². The molecule has 0 amide bonds. The first-order chi connectivity index (χ1) is 13.3. The molecule has 0 aliphatic heterocycles. The molecule has 2 N–H and O–H groups in total. The lowest BCUT2D eigenvalue weighted by atomic mass is 9.80. The van der Waals surface area contributed by atoms with Gasteiger partial charge in [0.15, 0.2) is 0 Å². The number of aliphatic hydroxyl groups excluding tert-OH is 2. The fourth-order valence-corrected chi connectivity index (χ4v) is 4.16. The highest BCUT2D eigenvalue weighted by Crippen LogP contribution is 2.29. The summed E-state index contributed by atoms with van der Waals surface area (Å²) in [5.41, 5.74) is 0. The zero-order valence-corrected chi connectivity index (χ0v) is 15.9. The van der Waals surface area contributed by atoms with Crippen molar-refractivity contribution in [2.45, 2.75) is 88.6 Å². The highest BCUT2D eigenvalue weighted by Gasteiger charge is 2.44. The summed E-state index contributed by atoms with van der Waals surface area (Å²) < 4.78 is 10.7. The van der Waals surface area contributed by atoms with Gasteiger partial charge in [-0.05, 0) is 51.4 Å². The summed E-state index contributed by atoms with van der Waals surface area (Å²) in [5.74, 6) is -4.69. The first-order valence-corrected chi connectivity index (χ1v) is 10.2.